The Balaban J connectivity index is 1.66. The number of rotatable bonds is 3. The monoisotopic (exact) mass is 337 g/mol. The number of hydrogen-bond acceptors (Lipinski definition) is 1. The van der Waals surface area contributed by atoms with Gasteiger partial charge in [0.05, 0.1) is 5.69 Å². The lowest BCUT2D eigenvalue weighted by molar-refractivity contribution is 1.46. The Morgan fingerprint density at radius 3 is 1.92 bits per heavy atom. The zero-order valence-electron chi connectivity index (χ0n) is 14.3. The summed E-state index contributed by atoms with van der Waals surface area (Å²) in [6.45, 7) is 0. The smallest absolute Gasteiger partial charge is 0.205 e. The van der Waals surface area contributed by atoms with E-state index >= 15 is 0 Å². The van der Waals surface area contributed by atoms with E-state index in [0.29, 0.717) is 5.96 Å². The molecule has 0 aliphatic heterocycles. The first-order valence-corrected chi connectivity index (χ1v) is 8.58. The van der Waals surface area contributed by atoms with Crippen LogP contribution in [0.3, 0.4) is 0 Å². The van der Waals surface area contributed by atoms with E-state index in [0.717, 1.165) is 17.1 Å². The summed E-state index contributed by atoms with van der Waals surface area (Å²) >= 11 is 0. The molecule has 0 radical (unpaired) electrons. The molecular weight excluding hydrogens is 318 g/mol. The molecule has 4 rings (SSSR count). The van der Waals surface area contributed by atoms with Gasteiger partial charge in [-0.1, -0.05) is 66.7 Å². The van der Waals surface area contributed by atoms with Crippen molar-refractivity contribution >= 4 is 33.8 Å². The van der Waals surface area contributed by atoms with Crippen molar-refractivity contribution in [2.24, 2.45) is 4.99 Å². The van der Waals surface area contributed by atoms with Gasteiger partial charge in [0.2, 0.25) is 5.96 Å². The number of nitrogens with one attached hydrogen (secondary N) is 2. The van der Waals surface area contributed by atoms with Gasteiger partial charge < -0.3 is 10.6 Å². The third-order valence-electron chi connectivity index (χ3n) is 4.05. The summed E-state index contributed by atoms with van der Waals surface area (Å²) in [6.07, 6.45) is 0. The van der Waals surface area contributed by atoms with Crippen LogP contribution in [0.25, 0.3) is 10.8 Å². The Morgan fingerprint density at radius 2 is 1.15 bits per heavy atom. The van der Waals surface area contributed by atoms with E-state index in [1.165, 1.54) is 10.8 Å². The number of guanidine groups is 1. The molecule has 0 unspecified atom stereocenters. The molecule has 0 aliphatic rings. The van der Waals surface area contributed by atoms with Crippen molar-refractivity contribution in [3.05, 3.63) is 103 Å². The molecule has 0 atom stereocenters. The second-order valence-electron chi connectivity index (χ2n) is 5.97. The molecule has 0 fully saturated rings. The van der Waals surface area contributed by atoms with E-state index in [-0.39, 0.29) is 0 Å². The van der Waals surface area contributed by atoms with Crippen molar-refractivity contribution in [3.63, 3.8) is 0 Å². The third kappa shape index (κ3) is 3.90. The lowest BCUT2D eigenvalue weighted by atomic mass is 10.1. The van der Waals surface area contributed by atoms with Crippen LogP contribution in [0, 0.1) is 0 Å². The van der Waals surface area contributed by atoms with Gasteiger partial charge in [0.1, 0.15) is 0 Å². The van der Waals surface area contributed by atoms with Gasteiger partial charge in [0, 0.05) is 11.4 Å². The van der Waals surface area contributed by atoms with E-state index in [1.807, 2.05) is 66.7 Å². The van der Waals surface area contributed by atoms with Crippen LogP contribution in [0.15, 0.2) is 108 Å². The highest BCUT2D eigenvalue weighted by Gasteiger charge is 2.03. The van der Waals surface area contributed by atoms with Gasteiger partial charge in [-0.3, -0.25) is 0 Å². The number of nitrogens with zero attached hydrogens (tertiary/aromatic N) is 1. The third-order valence-corrected chi connectivity index (χ3v) is 4.05. The molecule has 2 N–H and O–H groups in total. The fourth-order valence-electron chi connectivity index (χ4n) is 2.78. The summed E-state index contributed by atoms with van der Waals surface area (Å²) in [5, 5.41) is 9.18. The molecule has 0 aromatic heterocycles. The highest BCUT2D eigenvalue weighted by molar-refractivity contribution is 6.05. The minimum atomic E-state index is 0.678. The van der Waals surface area contributed by atoms with Crippen LogP contribution in [-0.4, -0.2) is 5.96 Å². The zero-order valence-corrected chi connectivity index (χ0v) is 14.3. The number of aliphatic imine (C=N–C) groups is 1. The van der Waals surface area contributed by atoms with E-state index < -0.39 is 0 Å². The minimum absolute atomic E-state index is 0.678. The van der Waals surface area contributed by atoms with Crippen molar-refractivity contribution in [3.8, 4) is 0 Å². The van der Waals surface area contributed by atoms with Crippen molar-refractivity contribution in [2.75, 3.05) is 10.6 Å². The molecule has 3 nitrogen and oxygen atoms in total. The van der Waals surface area contributed by atoms with Gasteiger partial charge in [-0.15, -0.1) is 0 Å². The van der Waals surface area contributed by atoms with E-state index in [9.17, 15) is 0 Å². The standard InChI is InChI=1S/C23H19N3/c1-3-11-20(12-4-1)24-23(25-21-13-5-2-6-14-21)26-22-16-15-18-9-7-8-10-19(18)17-22/h1-17H,(H2,24,25,26). The first-order chi connectivity index (χ1) is 12.9. The Labute approximate surface area is 153 Å². The quantitative estimate of drug-likeness (QED) is 0.352. The fourth-order valence-corrected chi connectivity index (χ4v) is 2.78. The molecule has 3 heteroatoms. The van der Waals surface area contributed by atoms with E-state index in [2.05, 4.69) is 47.0 Å². The minimum Gasteiger partial charge on any atom is -0.326 e. The van der Waals surface area contributed by atoms with Gasteiger partial charge in [0.15, 0.2) is 0 Å². The summed E-state index contributed by atoms with van der Waals surface area (Å²) in [6, 6.07) is 34.6. The van der Waals surface area contributed by atoms with Gasteiger partial charge in [-0.2, -0.15) is 0 Å². The largest absolute Gasteiger partial charge is 0.326 e. The molecule has 0 amide bonds. The average Bonchev–Trinajstić information content (AvgIpc) is 2.69. The molecule has 4 aromatic carbocycles. The van der Waals surface area contributed by atoms with Gasteiger partial charge in [0.25, 0.3) is 0 Å². The second-order valence-corrected chi connectivity index (χ2v) is 5.97. The van der Waals surface area contributed by atoms with Gasteiger partial charge in [-0.05, 0) is 47.2 Å². The first-order valence-electron chi connectivity index (χ1n) is 8.58. The van der Waals surface area contributed by atoms with Crippen molar-refractivity contribution in [1.29, 1.82) is 0 Å². The highest BCUT2D eigenvalue weighted by Crippen LogP contribution is 2.20. The lowest BCUT2D eigenvalue weighted by Crippen LogP contribution is -2.21. The molecule has 0 bridgehead atoms. The molecule has 4 aromatic rings. The summed E-state index contributed by atoms with van der Waals surface area (Å²) < 4.78 is 0. The van der Waals surface area contributed by atoms with Crippen LogP contribution in [-0.2, 0) is 0 Å². The number of benzene rings is 4. The summed E-state index contributed by atoms with van der Waals surface area (Å²) in [5.74, 6) is 0.678. The van der Waals surface area contributed by atoms with Crippen molar-refractivity contribution in [2.45, 2.75) is 0 Å². The van der Waals surface area contributed by atoms with Crippen LogP contribution >= 0.6 is 0 Å². The van der Waals surface area contributed by atoms with E-state index in [1.54, 1.807) is 0 Å². The predicted molar refractivity (Wildman–Crippen MR) is 111 cm³/mol. The summed E-state index contributed by atoms with van der Waals surface area (Å²) in [5.41, 5.74) is 2.86. The Kier molecular flexibility index (Phi) is 4.61. The molecule has 0 saturated carbocycles. The molecular formula is C23H19N3. The topological polar surface area (TPSA) is 36.4 Å². The fraction of sp³-hybridized carbons (Fsp3) is 0. The van der Waals surface area contributed by atoms with Crippen LogP contribution < -0.4 is 10.6 Å². The Morgan fingerprint density at radius 1 is 0.538 bits per heavy atom. The summed E-state index contributed by atoms with van der Waals surface area (Å²) in [4.78, 5) is 4.72. The normalized spacial score (nSPS) is 11.3. The van der Waals surface area contributed by atoms with Gasteiger partial charge >= 0.3 is 0 Å². The van der Waals surface area contributed by atoms with Crippen molar-refractivity contribution < 1.29 is 0 Å². The number of anilines is 2. The van der Waals surface area contributed by atoms with Crippen LogP contribution in [0.5, 0.6) is 0 Å². The molecule has 126 valence electrons. The number of fused-ring (bicyclic) bond motifs is 1. The molecule has 0 saturated heterocycles. The van der Waals surface area contributed by atoms with Crippen molar-refractivity contribution in [1.82, 2.24) is 0 Å². The number of para-hydroxylation sites is 2. The summed E-state index contributed by atoms with van der Waals surface area (Å²) in [7, 11) is 0. The predicted octanol–water partition coefficient (Wildman–Crippen LogP) is 6.05. The average molecular weight is 337 g/mol. The maximum atomic E-state index is 4.72. The highest BCUT2D eigenvalue weighted by atomic mass is 15.2. The van der Waals surface area contributed by atoms with Crippen LogP contribution in [0.4, 0.5) is 17.1 Å². The molecule has 0 heterocycles. The maximum absolute atomic E-state index is 4.72. The van der Waals surface area contributed by atoms with E-state index in [4.69, 9.17) is 4.99 Å². The second kappa shape index (κ2) is 7.53. The zero-order chi connectivity index (χ0) is 17.6. The molecule has 0 aliphatic carbocycles. The van der Waals surface area contributed by atoms with Crippen LogP contribution in [0.1, 0.15) is 0 Å². The van der Waals surface area contributed by atoms with Gasteiger partial charge in [-0.25, -0.2) is 4.99 Å². The first kappa shape index (κ1) is 15.9. The Bertz CT molecular complexity index is 1020. The maximum Gasteiger partial charge on any atom is 0.205 e. The SMILES string of the molecule is c1ccc(N=C(Nc2ccccc2)Nc2ccc3ccccc3c2)cc1. The molecule has 0 spiro atoms. The van der Waals surface area contributed by atoms with Crippen LogP contribution in [0.2, 0.25) is 0 Å². The number of hydrogen-bond donors (Lipinski definition) is 2. The lowest BCUT2D eigenvalue weighted by Gasteiger charge is -2.13. The Hall–Kier alpha value is -3.59. The molecule has 26 heavy (non-hydrogen) atoms.